The molecule has 0 saturated carbocycles. The largest absolute Gasteiger partial charge is 0.315 e. The zero-order valence-corrected chi connectivity index (χ0v) is 10.7. The highest BCUT2D eigenvalue weighted by Crippen LogP contribution is 2.21. The van der Waals surface area contributed by atoms with Gasteiger partial charge in [-0.3, -0.25) is 4.79 Å². The lowest BCUT2D eigenvalue weighted by atomic mass is 10.6. The highest BCUT2D eigenvalue weighted by Gasteiger charge is 2.06. The fraction of sp³-hybridized carbons (Fsp3) is 0.125. The SMILES string of the molecule is Cc1cnc(Nc2nc[nH]c(=O)c2I)s1. The van der Waals surface area contributed by atoms with Gasteiger partial charge >= 0.3 is 0 Å². The third-order valence-corrected chi connectivity index (χ3v) is 3.47. The molecule has 2 N–H and O–H groups in total. The first-order chi connectivity index (χ1) is 7.16. The molecule has 2 rings (SSSR count). The Bertz CT molecular complexity index is 535. The van der Waals surface area contributed by atoms with Crippen LogP contribution in [0.25, 0.3) is 0 Å². The van der Waals surface area contributed by atoms with E-state index < -0.39 is 0 Å². The van der Waals surface area contributed by atoms with Crippen LogP contribution >= 0.6 is 33.9 Å². The maximum absolute atomic E-state index is 11.3. The number of rotatable bonds is 2. The molecule has 0 saturated heterocycles. The second kappa shape index (κ2) is 4.27. The lowest BCUT2D eigenvalue weighted by Crippen LogP contribution is -2.12. The first kappa shape index (κ1) is 10.6. The molecule has 2 aromatic rings. The molecule has 0 aliphatic heterocycles. The smallest absolute Gasteiger partial charge is 0.266 e. The summed E-state index contributed by atoms with van der Waals surface area (Å²) in [7, 11) is 0. The first-order valence-electron chi connectivity index (χ1n) is 4.09. The van der Waals surface area contributed by atoms with Crippen LogP contribution < -0.4 is 10.9 Å². The molecule has 5 nitrogen and oxygen atoms in total. The highest BCUT2D eigenvalue weighted by atomic mass is 127. The monoisotopic (exact) mass is 334 g/mol. The summed E-state index contributed by atoms with van der Waals surface area (Å²) in [6.07, 6.45) is 3.14. The number of H-pyrrole nitrogens is 1. The van der Waals surface area contributed by atoms with Crippen molar-refractivity contribution in [1.82, 2.24) is 15.0 Å². The zero-order valence-electron chi connectivity index (χ0n) is 7.74. The summed E-state index contributed by atoms with van der Waals surface area (Å²) < 4.78 is 0.531. The number of nitrogens with zero attached hydrogens (tertiary/aromatic N) is 2. The molecule has 7 heteroatoms. The zero-order chi connectivity index (χ0) is 10.8. The number of aromatic amines is 1. The third-order valence-electron chi connectivity index (χ3n) is 1.64. The Morgan fingerprint density at radius 3 is 3.00 bits per heavy atom. The molecule has 15 heavy (non-hydrogen) atoms. The van der Waals surface area contributed by atoms with Gasteiger partial charge < -0.3 is 10.3 Å². The van der Waals surface area contributed by atoms with E-state index in [1.54, 1.807) is 6.20 Å². The van der Waals surface area contributed by atoms with Crippen molar-refractivity contribution in [3.63, 3.8) is 0 Å². The lowest BCUT2D eigenvalue weighted by molar-refractivity contribution is 1.10. The van der Waals surface area contributed by atoms with E-state index in [0.717, 1.165) is 10.0 Å². The van der Waals surface area contributed by atoms with Crippen LogP contribution in [0.2, 0.25) is 0 Å². The van der Waals surface area contributed by atoms with Crippen molar-refractivity contribution in [2.24, 2.45) is 0 Å². The standard InChI is InChI=1S/C8H7IN4OS/c1-4-2-10-8(15-4)13-6-5(9)7(14)12-3-11-6/h2-3H,1H3,(H2,10,11,12,13,14). The quantitative estimate of drug-likeness (QED) is 0.823. The molecule has 0 aromatic carbocycles. The predicted octanol–water partition coefficient (Wildman–Crippen LogP) is 1.88. The molecule has 0 unspecified atom stereocenters. The minimum Gasteiger partial charge on any atom is -0.315 e. The van der Waals surface area contributed by atoms with Crippen molar-refractivity contribution in [3.05, 3.63) is 31.3 Å². The van der Waals surface area contributed by atoms with E-state index in [4.69, 9.17) is 0 Å². The van der Waals surface area contributed by atoms with Crippen LogP contribution in [0, 0.1) is 10.5 Å². The Hall–Kier alpha value is -0.960. The molecule has 0 amide bonds. The second-order valence-corrected chi connectivity index (χ2v) is 5.11. The summed E-state index contributed by atoms with van der Waals surface area (Å²) in [5.74, 6) is 0.536. The van der Waals surface area contributed by atoms with Gasteiger partial charge in [0, 0.05) is 11.1 Å². The second-order valence-electron chi connectivity index (χ2n) is 2.80. The third kappa shape index (κ3) is 2.34. The minimum atomic E-state index is -0.152. The molecule has 0 spiro atoms. The summed E-state index contributed by atoms with van der Waals surface area (Å²) >= 11 is 3.47. The van der Waals surface area contributed by atoms with Crippen molar-refractivity contribution in [3.8, 4) is 0 Å². The summed E-state index contributed by atoms with van der Waals surface area (Å²) in [6, 6.07) is 0. The van der Waals surface area contributed by atoms with Gasteiger partial charge in [0.25, 0.3) is 5.56 Å². The summed E-state index contributed by atoms with van der Waals surface area (Å²) in [4.78, 5) is 23.1. The number of aryl methyl sites for hydroxylation is 1. The number of hydrogen-bond donors (Lipinski definition) is 2. The molecule has 0 bridgehead atoms. The number of halogens is 1. The van der Waals surface area contributed by atoms with E-state index in [9.17, 15) is 4.79 Å². The fourth-order valence-corrected chi connectivity index (χ4v) is 2.08. The summed E-state index contributed by atoms with van der Waals surface area (Å²) in [6.45, 7) is 1.97. The van der Waals surface area contributed by atoms with Gasteiger partial charge in [-0.1, -0.05) is 0 Å². The van der Waals surface area contributed by atoms with Gasteiger partial charge in [0.2, 0.25) is 0 Å². The molecular weight excluding hydrogens is 327 g/mol. The summed E-state index contributed by atoms with van der Waals surface area (Å²) in [5.41, 5.74) is -0.152. The van der Waals surface area contributed by atoms with E-state index in [1.807, 2.05) is 29.5 Å². The van der Waals surface area contributed by atoms with Crippen LogP contribution in [0.5, 0.6) is 0 Å². The summed E-state index contributed by atoms with van der Waals surface area (Å²) in [5, 5.41) is 3.74. The Labute approximate surface area is 103 Å². The molecule has 2 aromatic heterocycles. The van der Waals surface area contributed by atoms with E-state index >= 15 is 0 Å². The molecule has 0 aliphatic rings. The molecule has 0 fully saturated rings. The van der Waals surface area contributed by atoms with Gasteiger partial charge in [-0.15, -0.1) is 11.3 Å². The number of anilines is 2. The Morgan fingerprint density at radius 2 is 2.33 bits per heavy atom. The maximum Gasteiger partial charge on any atom is 0.266 e. The van der Waals surface area contributed by atoms with Crippen LogP contribution in [0.15, 0.2) is 17.3 Å². The Kier molecular flexibility index (Phi) is 3.00. The van der Waals surface area contributed by atoms with Crippen LogP contribution in [0.4, 0.5) is 10.9 Å². The highest BCUT2D eigenvalue weighted by molar-refractivity contribution is 14.1. The van der Waals surface area contributed by atoms with Gasteiger partial charge in [0.1, 0.15) is 3.57 Å². The average Bonchev–Trinajstić information content (AvgIpc) is 2.59. The van der Waals surface area contributed by atoms with Gasteiger partial charge in [0.15, 0.2) is 10.9 Å². The predicted molar refractivity (Wildman–Crippen MR) is 67.7 cm³/mol. The van der Waals surface area contributed by atoms with Crippen molar-refractivity contribution < 1.29 is 0 Å². The van der Waals surface area contributed by atoms with Crippen LogP contribution in [-0.4, -0.2) is 15.0 Å². The van der Waals surface area contributed by atoms with Crippen LogP contribution in [-0.2, 0) is 0 Å². The molecule has 0 radical (unpaired) electrons. The van der Waals surface area contributed by atoms with Gasteiger partial charge in [0.05, 0.1) is 6.33 Å². The van der Waals surface area contributed by atoms with E-state index in [-0.39, 0.29) is 5.56 Å². The fourth-order valence-electron chi connectivity index (χ4n) is 0.984. The Morgan fingerprint density at radius 1 is 1.53 bits per heavy atom. The maximum atomic E-state index is 11.3. The first-order valence-corrected chi connectivity index (χ1v) is 5.99. The molecule has 2 heterocycles. The number of hydrogen-bond acceptors (Lipinski definition) is 5. The van der Waals surface area contributed by atoms with Crippen LogP contribution in [0.3, 0.4) is 0 Å². The number of aromatic nitrogens is 3. The van der Waals surface area contributed by atoms with Gasteiger partial charge in [-0.2, -0.15) is 0 Å². The number of thiazole rings is 1. The van der Waals surface area contributed by atoms with Gasteiger partial charge in [-0.25, -0.2) is 9.97 Å². The molecule has 0 aliphatic carbocycles. The molecule has 78 valence electrons. The van der Waals surface area contributed by atoms with Crippen molar-refractivity contribution >= 4 is 44.9 Å². The van der Waals surface area contributed by atoms with Crippen molar-refractivity contribution in [1.29, 1.82) is 0 Å². The Balaban J connectivity index is 2.32. The van der Waals surface area contributed by atoms with Crippen molar-refractivity contribution in [2.75, 3.05) is 5.32 Å². The lowest BCUT2D eigenvalue weighted by Gasteiger charge is -2.01. The van der Waals surface area contributed by atoms with Crippen molar-refractivity contribution in [2.45, 2.75) is 6.92 Å². The average molecular weight is 334 g/mol. The minimum absolute atomic E-state index is 0.152. The topological polar surface area (TPSA) is 70.7 Å². The number of nitrogens with one attached hydrogen (secondary N) is 2. The van der Waals surface area contributed by atoms with E-state index in [0.29, 0.717) is 9.39 Å². The molecule has 0 atom stereocenters. The van der Waals surface area contributed by atoms with Crippen LogP contribution in [0.1, 0.15) is 4.88 Å². The molecular formula is C8H7IN4OS. The van der Waals surface area contributed by atoms with Gasteiger partial charge in [-0.05, 0) is 29.5 Å². The normalized spacial score (nSPS) is 10.3. The van der Waals surface area contributed by atoms with E-state index in [2.05, 4.69) is 20.3 Å². The van der Waals surface area contributed by atoms with E-state index in [1.165, 1.54) is 17.7 Å².